The van der Waals surface area contributed by atoms with Crippen LogP contribution in [0, 0.1) is 0 Å². The standard InChI is InChI=1S/C7H15NO.C2H6/c1-2-4-8-5-7-9-6-3-1;1-2/h8H,1-7H2;1-2H3. The molecule has 1 aliphatic heterocycles. The summed E-state index contributed by atoms with van der Waals surface area (Å²) < 4.78 is 5.29. The molecule has 0 aromatic rings. The van der Waals surface area contributed by atoms with E-state index in [1.807, 2.05) is 13.8 Å². The Balaban J connectivity index is 0.000000461. The van der Waals surface area contributed by atoms with Gasteiger partial charge in [0.2, 0.25) is 0 Å². The van der Waals surface area contributed by atoms with Crippen LogP contribution in [0.25, 0.3) is 0 Å². The van der Waals surface area contributed by atoms with Crippen molar-refractivity contribution in [2.75, 3.05) is 26.3 Å². The first-order valence-electron chi connectivity index (χ1n) is 4.78. The van der Waals surface area contributed by atoms with Crippen molar-refractivity contribution in [1.82, 2.24) is 5.32 Å². The normalized spacial score (nSPS) is 20.2. The highest BCUT2D eigenvalue weighted by Gasteiger charge is 1.94. The highest BCUT2D eigenvalue weighted by molar-refractivity contribution is 4.50. The van der Waals surface area contributed by atoms with E-state index < -0.39 is 0 Å². The third-order valence-electron chi connectivity index (χ3n) is 1.57. The first kappa shape index (κ1) is 10.9. The van der Waals surface area contributed by atoms with Crippen LogP contribution < -0.4 is 5.32 Å². The van der Waals surface area contributed by atoms with Crippen LogP contribution in [0.4, 0.5) is 0 Å². The second kappa shape index (κ2) is 9.92. The lowest BCUT2D eigenvalue weighted by atomic mass is 10.2. The van der Waals surface area contributed by atoms with E-state index in [-0.39, 0.29) is 0 Å². The average Bonchev–Trinajstić information content (AvgIpc) is 2.22. The third kappa shape index (κ3) is 7.82. The van der Waals surface area contributed by atoms with Gasteiger partial charge < -0.3 is 10.1 Å². The Morgan fingerprint density at radius 1 is 0.909 bits per heavy atom. The van der Waals surface area contributed by atoms with E-state index in [1.165, 1.54) is 25.8 Å². The molecular formula is C9H21NO. The molecule has 1 N–H and O–H groups in total. The Morgan fingerprint density at radius 3 is 2.55 bits per heavy atom. The van der Waals surface area contributed by atoms with E-state index in [2.05, 4.69) is 5.32 Å². The maximum absolute atomic E-state index is 5.29. The molecule has 0 aromatic heterocycles. The minimum absolute atomic E-state index is 0.889. The first-order chi connectivity index (χ1) is 5.50. The monoisotopic (exact) mass is 159 g/mol. The zero-order chi connectivity index (χ0) is 8.36. The topological polar surface area (TPSA) is 21.3 Å². The molecular weight excluding hydrogens is 138 g/mol. The van der Waals surface area contributed by atoms with E-state index >= 15 is 0 Å². The Kier molecular flexibility index (Phi) is 9.85. The fourth-order valence-electron chi connectivity index (χ4n) is 1.00. The predicted octanol–water partition coefficient (Wildman–Crippen LogP) is 1.80. The van der Waals surface area contributed by atoms with E-state index in [9.17, 15) is 0 Å². The van der Waals surface area contributed by atoms with Crippen molar-refractivity contribution >= 4 is 0 Å². The number of hydrogen-bond acceptors (Lipinski definition) is 2. The predicted molar refractivity (Wildman–Crippen MR) is 48.9 cm³/mol. The van der Waals surface area contributed by atoms with Crippen LogP contribution in [0.2, 0.25) is 0 Å². The van der Waals surface area contributed by atoms with Crippen LogP contribution in [0.5, 0.6) is 0 Å². The van der Waals surface area contributed by atoms with Gasteiger partial charge >= 0.3 is 0 Å². The molecule has 0 bridgehead atoms. The molecule has 1 saturated heterocycles. The fourth-order valence-corrected chi connectivity index (χ4v) is 1.00. The Bertz CT molecular complexity index is 38.1. The van der Waals surface area contributed by atoms with Crippen LogP contribution in [-0.2, 0) is 4.74 Å². The highest BCUT2D eigenvalue weighted by Crippen LogP contribution is 1.95. The first-order valence-corrected chi connectivity index (χ1v) is 4.78. The summed E-state index contributed by atoms with van der Waals surface area (Å²) in [6, 6.07) is 0. The number of ether oxygens (including phenoxy) is 1. The molecule has 0 amide bonds. The average molecular weight is 159 g/mol. The molecule has 68 valence electrons. The molecule has 0 unspecified atom stereocenters. The summed E-state index contributed by atoms with van der Waals surface area (Å²) in [7, 11) is 0. The van der Waals surface area contributed by atoms with Gasteiger partial charge in [-0.15, -0.1) is 0 Å². The fraction of sp³-hybridized carbons (Fsp3) is 1.00. The largest absolute Gasteiger partial charge is 0.380 e. The van der Waals surface area contributed by atoms with Crippen molar-refractivity contribution in [3.63, 3.8) is 0 Å². The molecule has 11 heavy (non-hydrogen) atoms. The van der Waals surface area contributed by atoms with Crippen molar-refractivity contribution in [3.05, 3.63) is 0 Å². The molecule has 1 fully saturated rings. The second-order valence-electron chi connectivity index (χ2n) is 2.42. The van der Waals surface area contributed by atoms with Crippen molar-refractivity contribution in [3.8, 4) is 0 Å². The van der Waals surface area contributed by atoms with Gasteiger partial charge in [-0.05, 0) is 25.8 Å². The third-order valence-corrected chi connectivity index (χ3v) is 1.57. The lowest BCUT2D eigenvalue weighted by molar-refractivity contribution is 0.137. The van der Waals surface area contributed by atoms with E-state index in [0.717, 1.165) is 19.8 Å². The summed E-state index contributed by atoms with van der Waals surface area (Å²) in [5, 5.41) is 3.30. The van der Waals surface area contributed by atoms with Gasteiger partial charge in [0.05, 0.1) is 6.61 Å². The molecule has 0 atom stereocenters. The molecule has 0 aromatic carbocycles. The number of hydrogen-bond donors (Lipinski definition) is 1. The SMILES string of the molecule is C1CCNCCOCC1.CC. The molecule has 1 aliphatic rings. The summed E-state index contributed by atoms with van der Waals surface area (Å²) in [6.45, 7) is 8.05. The summed E-state index contributed by atoms with van der Waals surface area (Å²) in [4.78, 5) is 0. The molecule has 2 nitrogen and oxygen atoms in total. The van der Waals surface area contributed by atoms with Crippen LogP contribution in [0.1, 0.15) is 33.1 Å². The summed E-state index contributed by atoms with van der Waals surface area (Å²) in [5.41, 5.74) is 0. The Morgan fingerprint density at radius 2 is 1.73 bits per heavy atom. The van der Waals surface area contributed by atoms with E-state index in [0.29, 0.717) is 0 Å². The lowest BCUT2D eigenvalue weighted by Crippen LogP contribution is -2.19. The summed E-state index contributed by atoms with van der Waals surface area (Å²) >= 11 is 0. The van der Waals surface area contributed by atoms with Gasteiger partial charge in [0.15, 0.2) is 0 Å². The molecule has 0 aliphatic carbocycles. The lowest BCUT2D eigenvalue weighted by Gasteiger charge is -1.99. The minimum atomic E-state index is 0.889. The van der Waals surface area contributed by atoms with Gasteiger partial charge in [-0.2, -0.15) is 0 Å². The second-order valence-corrected chi connectivity index (χ2v) is 2.42. The molecule has 1 heterocycles. The smallest absolute Gasteiger partial charge is 0.0590 e. The van der Waals surface area contributed by atoms with Crippen LogP contribution in [0.3, 0.4) is 0 Å². The van der Waals surface area contributed by atoms with Crippen molar-refractivity contribution in [1.29, 1.82) is 0 Å². The number of rotatable bonds is 0. The van der Waals surface area contributed by atoms with Crippen molar-refractivity contribution < 1.29 is 4.74 Å². The van der Waals surface area contributed by atoms with E-state index in [4.69, 9.17) is 4.74 Å². The summed E-state index contributed by atoms with van der Waals surface area (Å²) in [5.74, 6) is 0. The van der Waals surface area contributed by atoms with Crippen LogP contribution in [-0.4, -0.2) is 26.3 Å². The maximum Gasteiger partial charge on any atom is 0.0590 e. The van der Waals surface area contributed by atoms with E-state index in [1.54, 1.807) is 0 Å². The van der Waals surface area contributed by atoms with Gasteiger partial charge in [0.1, 0.15) is 0 Å². The zero-order valence-corrected chi connectivity index (χ0v) is 7.86. The van der Waals surface area contributed by atoms with Crippen molar-refractivity contribution in [2.45, 2.75) is 33.1 Å². The molecule has 0 spiro atoms. The Hall–Kier alpha value is -0.0800. The van der Waals surface area contributed by atoms with Crippen molar-refractivity contribution in [2.24, 2.45) is 0 Å². The Labute approximate surface area is 70.3 Å². The van der Waals surface area contributed by atoms with Gasteiger partial charge in [-0.25, -0.2) is 0 Å². The van der Waals surface area contributed by atoms with Gasteiger partial charge in [-0.1, -0.05) is 13.8 Å². The molecule has 0 saturated carbocycles. The minimum Gasteiger partial charge on any atom is -0.380 e. The molecule has 1 rings (SSSR count). The summed E-state index contributed by atoms with van der Waals surface area (Å²) in [6.07, 6.45) is 3.86. The van der Waals surface area contributed by atoms with Crippen LogP contribution >= 0.6 is 0 Å². The number of nitrogens with one attached hydrogen (secondary N) is 1. The maximum atomic E-state index is 5.29. The highest BCUT2D eigenvalue weighted by atomic mass is 16.5. The van der Waals surface area contributed by atoms with Gasteiger partial charge in [0, 0.05) is 13.2 Å². The molecule has 2 heteroatoms. The molecule has 0 radical (unpaired) electrons. The van der Waals surface area contributed by atoms with Gasteiger partial charge in [-0.3, -0.25) is 0 Å². The zero-order valence-electron chi connectivity index (χ0n) is 7.86. The van der Waals surface area contributed by atoms with Crippen LogP contribution in [0.15, 0.2) is 0 Å². The van der Waals surface area contributed by atoms with Gasteiger partial charge in [0.25, 0.3) is 0 Å². The quantitative estimate of drug-likeness (QED) is 0.582.